The van der Waals surface area contributed by atoms with Gasteiger partial charge >= 0.3 is 10.2 Å². The number of benzene rings is 1. The molecule has 0 aromatic heterocycles. The van der Waals surface area contributed by atoms with Gasteiger partial charge in [-0.15, -0.1) is 3.89 Å². The lowest BCUT2D eigenvalue weighted by atomic mass is 10.2. The van der Waals surface area contributed by atoms with Crippen molar-refractivity contribution in [3.05, 3.63) is 23.2 Å². The predicted molar refractivity (Wildman–Crippen MR) is 73.4 cm³/mol. The average molecular weight is 322 g/mol. The van der Waals surface area contributed by atoms with Crippen molar-refractivity contribution in [2.75, 3.05) is 18.1 Å². The van der Waals surface area contributed by atoms with E-state index in [1.54, 1.807) is 19.1 Å². The first kappa shape index (κ1) is 15.1. The average Bonchev–Trinajstić information content (AvgIpc) is 2.72. The minimum absolute atomic E-state index is 0.223. The molecule has 20 heavy (non-hydrogen) atoms. The van der Waals surface area contributed by atoms with Crippen molar-refractivity contribution < 1.29 is 21.8 Å². The van der Waals surface area contributed by atoms with Crippen LogP contribution in [0.15, 0.2) is 18.2 Å². The molecule has 0 spiro atoms. The Morgan fingerprint density at radius 1 is 1.50 bits per heavy atom. The Bertz CT molecular complexity index is 634. The number of hydrogen-bond acceptors (Lipinski definition) is 4. The number of amides is 1. The molecule has 0 radical (unpaired) electrons. The van der Waals surface area contributed by atoms with Gasteiger partial charge in [0.2, 0.25) is 5.91 Å². The summed E-state index contributed by atoms with van der Waals surface area (Å²) in [4.78, 5) is 13.1. The highest BCUT2D eigenvalue weighted by Gasteiger charge is 2.39. The second-order valence-electron chi connectivity index (χ2n) is 4.35. The first-order chi connectivity index (χ1) is 9.32. The molecule has 1 aliphatic heterocycles. The number of carbonyl (C=O) groups is 1. The van der Waals surface area contributed by atoms with Gasteiger partial charge in [0.15, 0.2) is 0 Å². The highest BCUT2D eigenvalue weighted by atomic mass is 35.5. The fourth-order valence-electron chi connectivity index (χ4n) is 2.08. The molecule has 1 heterocycles. The molecule has 1 saturated heterocycles. The van der Waals surface area contributed by atoms with Gasteiger partial charge in [0.05, 0.1) is 12.3 Å². The van der Waals surface area contributed by atoms with Crippen molar-refractivity contribution >= 4 is 33.4 Å². The maximum Gasteiger partial charge on any atom is 0.307 e. The Labute approximate surface area is 121 Å². The fraction of sp³-hybridized carbons (Fsp3) is 0.417. The molecule has 0 bridgehead atoms. The Morgan fingerprint density at radius 2 is 2.20 bits per heavy atom. The fourth-order valence-corrected chi connectivity index (χ4v) is 2.91. The molecule has 0 N–H and O–H groups in total. The molecule has 0 saturated carbocycles. The molecule has 0 aliphatic carbocycles. The first-order valence-corrected chi connectivity index (χ1v) is 7.81. The van der Waals surface area contributed by atoms with Crippen LogP contribution in [0.3, 0.4) is 0 Å². The second kappa shape index (κ2) is 5.57. The van der Waals surface area contributed by atoms with E-state index in [2.05, 4.69) is 0 Å². The minimum atomic E-state index is -4.74. The molecule has 1 aliphatic rings. The Morgan fingerprint density at radius 3 is 2.75 bits per heavy atom. The van der Waals surface area contributed by atoms with Crippen LogP contribution in [0.25, 0.3) is 0 Å². The van der Waals surface area contributed by atoms with Gasteiger partial charge in [-0.2, -0.15) is 8.42 Å². The lowest BCUT2D eigenvalue weighted by Gasteiger charge is -2.20. The van der Waals surface area contributed by atoms with E-state index in [9.17, 15) is 17.1 Å². The second-order valence-corrected chi connectivity index (χ2v) is 6.41. The van der Waals surface area contributed by atoms with Gasteiger partial charge in [-0.1, -0.05) is 11.6 Å². The summed E-state index contributed by atoms with van der Waals surface area (Å²) in [5, 5.41) is -0.904. The van der Waals surface area contributed by atoms with Gasteiger partial charge in [0.1, 0.15) is 11.0 Å². The maximum atomic E-state index is 13.0. The zero-order chi connectivity index (χ0) is 14.9. The van der Waals surface area contributed by atoms with Crippen LogP contribution in [-0.2, 0) is 15.0 Å². The molecular formula is C12H13ClFNO4S. The summed E-state index contributed by atoms with van der Waals surface area (Å²) >= 11 is 5.86. The van der Waals surface area contributed by atoms with Crippen molar-refractivity contribution in [3.8, 4) is 5.75 Å². The predicted octanol–water partition coefficient (Wildman–Crippen LogP) is 2.14. The monoisotopic (exact) mass is 321 g/mol. The highest BCUT2D eigenvalue weighted by molar-refractivity contribution is 7.87. The summed E-state index contributed by atoms with van der Waals surface area (Å²) in [7, 11) is -4.74. The van der Waals surface area contributed by atoms with E-state index in [0.717, 1.165) is 0 Å². The molecule has 2 rings (SSSR count). The van der Waals surface area contributed by atoms with E-state index in [0.29, 0.717) is 23.1 Å². The van der Waals surface area contributed by atoms with Gasteiger partial charge in [-0.05, 0) is 19.1 Å². The molecule has 1 amide bonds. The summed E-state index contributed by atoms with van der Waals surface area (Å²) in [6, 6.07) is 4.65. The third kappa shape index (κ3) is 3.04. The number of rotatable bonds is 4. The largest absolute Gasteiger partial charge is 0.492 e. The van der Waals surface area contributed by atoms with E-state index in [1.807, 2.05) is 0 Å². The SMILES string of the molecule is CCOc1cc(Cl)ccc1N1CC(S(=O)(=O)F)CC1=O. The van der Waals surface area contributed by atoms with Crippen LogP contribution in [-0.4, -0.2) is 32.7 Å². The summed E-state index contributed by atoms with van der Waals surface area (Å²) in [6.07, 6.45) is -0.368. The van der Waals surface area contributed by atoms with Crippen LogP contribution < -0.4 is 9.64 Å². The number of ether oxygens (including phenoxy) is 1. The molecule has 1 aromatic rings. The van der Waals surface area contributed by atoms with Crippen molar-refractivity contribution in [1.29, 1.82) is 0 Å². The smallest absolute Gasteiger partial charge is 0.307 e. The van der Waals surface area contributed by atoms with Gasteiger partial charge < -0.3 is 9.64 Å². The lowest BCUT2D eigenvalue weighted by Crippen LogP contribution is -2.27. The van der Waals surface area contributed by atoms with E-state index in [1.165, 1.54) is 11.0 Å². The molecule has 1 fully saturated rings. The lowest BCUT2D eigenvalue weighted by molar-refractivity contribution is -0.117. The van der Waals surface area contributed by atoms with Crippen molar-refractivity contribution in [2.24, 2.45) is 0 Å². The van der Waals surface area contributed by atoms with Crippen LogP contribution in [0.2, 0.25) is 5.02 Å². The van der Waals surface area contributed by atoms with Crippen LogP contribution in [0.5, 0.6) is 5.75 Å². The van der Waals surface area contributed by atoms with Crippen molar-refractivity contribution in [1.82, 2.24) is 0 Å². The quantitative estimate of drug-likeness (QED) is 0.797. The maximum absolute atomic E-state index is 13.0. The minimum Gasteiger partial charge on any atom is -0.492 e. The van der Waals surface area contributed by atoms with E-state index >= 15 is 0 Å². The van der Waals surface area contributed by atoms with Crippen molar-refractivity contribution in [3.63, 3.8) is 0 Å². The molecule has 110 valence electrons. The zero-order valence-electron chi connectivity index (χ0n) is 10.7. The summed E-state index contributed by atoms with van der Waals surface area (Å²) < 4.78 is 40.2. The van der Waals surface area contributed by atoms with Crippen LogP contribution in [0.1, 0.15) is 13.3 Å². The van der Waals surface area contributed by atoms with Crippen LogP contribution in [0, 0.1) is 0 Å². The van der Waals surface area contributed by atoms with Gasteiger partial charge in [0.25, 0.3) is 0 Å². The number of anilines is 1. The normalized spacial score (nSPS) is 19.4. The summed E-state index contributed by atoms with van der Waals surface area (Å²) in [6.45, 7) is 1.91. The number of carbonyl (C=O) groups excluding carboxylic acids is 1. The highest BCUT2D eigenvalue weighted by Crippen LogP contribution is 2.35. The third-order valence-corrected chi connectivity index (χ3v) is 4.35. The summed E-state index contributed by atoms with van der Waals surface area (Å²) in [5.41, 5.74) is 0.396. The van der Waals surface area contributed by atoms with Gasteiger partial charge in [-0.25, -0.2) is 0 Å². The first-order valence-electron chi connectivity index (χ1n) is 5.99. The topological polar surface area (TPSA) is 63.7 Å². The zero-order valence-corrected chi connectivity index (χ0v) is 12.2. The molecule has 8 heteroatoms. The number of hydrogen-bond donors (Lipinski definition) is 0. The molecule has 1 unspecified atom stereocenters. The van der Waals surface area contributed by atoms with E-state index in [4.69, 9.17) is 16.3 Å². The van der Waals surface area contributed by atoms with Crippen LogP contribution >= 0.6 is 11.6 Å². The number of halogens is 2. The Hall–Kier alpha value is -1.34. The number of nitrogens with zero attached hydrogens (tertiary/aromatic N) is 1. The Balaban J connectivity index is 2.35. The van der Waals surface area contributed by atoms with Gasteiger partial charge in [-0.3, -0.25) is 4.79 Å². The molecule has 5 nitrogen and oxygen atoms in total. The molecular weight excluding hydrogens is 309 g/mol. The van der Waals surface area contributed by atoms with E-state index < -0.39 is 21.4 Å². The van der Waals surface area contributed by atoms with Crippen molar-refractivity contribution in [2.45, 2.75) is 18.6 Å². The van der Waals surface area contributed by atoms with Crippen LogP contribution in [0.4, 0.5) is 9.57 Å². The standard InChI is InChI=1S/C12H13ClFNO4S/c1-2-19-11-5-8(13)3-4-10(11)15-7-9(6-12(15)16)20(14,17)18/h3-5,9H,2,6-7H2,1H3. The third-order valence-electron chi connectivity index (χ3n) is 3.00. The summed E-state index contributed by atoms with van der Waals surface area (Å²) in [5.74, 6) is -0.0928. The molecule has 1 aromatic carbocycles. The van der Waals surface area contributed by atoms with E-state index in [-0.39, 0.29) is 13.0 Å². The molecule has 1 atom stereocenters. The Kier molecular flexibility index (Phi) is 4.19. The van der Waals surface area contributed by atoms with Gasteiger partial charge in [0, 0.05) is 24.1 Å².